The van der Waals surface area contributed by atoms with E-state index >= 15 is 0 Å². The molecule has 3 aromatic rings. The third kappa shape index (κ3) is 1.77. The molecule has 1 aliphatic heterocycles. The maximum atomic E-state index is 12.9. The second kappa shape index (κ2) is 4.92. The lowest BCUT2D eigenvalue weighted by molar-refractivity contribution is -0.671. The molecule has 0 fully saturated rings. The molecular formula is C18H12INO3. The molecular weight excluding hydrogens is 405 g/mol. The van der Waals surface area contributed by atoms with Gasteiger partial charge in [0.2, 0.25) is 6.79 Å². The Labute approximate surface area is 149 Å². The van der Waals surface area contributed by atoms with Gasteiger partial charge in [-0.3, -0.25) is 4.79 Å². The Morgan fingerprint density at radius 3 is 2.70 bits per heavy atom. The normalized spacial score (nSPS) is 13.7. The quantitative estimate of drug-likeness (QED) is 0.289. The van der Waals surface area contributed by atoms with E-state index in [-0.39, 0.29) is 36.6 Å². The molecule has 0 saturated heterocycles. The van der Waals surface area contributed by atoms with Crippen molar-refractivity contribution in [3.05, 3.63) is 53.9 Å². The Hall–Kier alpha value is -2.15. The molecule has 1 aromatic heterocycles. The second-order valence-electron chi connectivity index (χ2n) is 5.60. The zero-order valence-electron chi connectivity index (χ0n) is 12.3. The van der Waals surface area contributed by atoms with Gasteiger partial charge in [-0.25, -0.2) is 0 Å². The van der Waals surface area contributed by atoms with E-state index in [1.165, 1.54) is 0 Å². The van der Waals surface area contributed by atoms with Crippen molar-refractivity contribution < 1.29 is 42.8 Å². The van der Waals surface area contributed by atoms with Gasteiger partial charge in [0.25, 0.3) is 11.5 Å². The number of halogens is 1. The van der Waals surface area contributed by atoms with Crippen LogP contribution in [0.2, 0.25) is 0 Å². The average Bonchev–Trinajstić information content (AvgIpc) is 3.00. The van der Waals surface area contributed by atoms with Crippen LogP contribution in [0, 0.1) is 0 Å². The first kappa shape index (κ1) is 14.4. The Morgan fingerprint density at radius 2 is 1.87 bits per heavy atom. The summed E-state index contributed by atoms with van der Waals surface area (Å²) in [6, 6.07) is 11.6. The summed E-state index contributed by atoms with van der Waals surface area (Å²) < 4.78 is 13.2. The highest BCUT2D eigenvalue weighted by molar-refractivity contribution is 6.25. The van der Waals surface area contributed by atoms with Crippen molar-refractivity contribution in [3.8, 4) is 22.6 Å². The summed E-state index contributed by atoms with van der Waals surface area (Å²) in [6.45, 7) is 0.218. The molecule has 4 nitrogen and oxygen atoms in total. The summed E-state index contributed by atoms with van der Waals surface area (Å²) in [6.07, 6.45) is 1.91. The Morgan fingerprint density at radius 1 is 1.09 bits per heavy atom. The number of ether oxygens (including phenoxy) is 2. The maximum Gasteiger partial charge on any atom is 0.262 e. The van der Waals surface area contributed by atoms with Crippen LogP contribution in [-0.4, -0.2) is 12.6 Å². The first-order chi connectivity index (χ1) is 10.8. The molecule has 0 radical (unpaired) electrons. The summed E-state index contributed by atoms with van der Waals surface area (Å²) in [4.78, 5) is 12.9. The Kier molecular flexibility index (Phi) is 3.09. The minimum absolute atomic E-state index is 0. The molecule has 2 aliphatic rings. The Balaban J connectivity index is 0.00000135. The van der Waals surface area contributed by atoms with E-state index in [1.54, 1.807) is 0 Å². The molecule has 114 valence electrons. The lowest BCUT2D eigenvalue weighted by Crippen LogP contribution is -3.00. The van der Waals surface area contributed by atoms with E-state index in [9.17, 15) is 4.79 Å². The van der Waals surface area contributed by atoms with Gasteiger partial charge in [0, 0.05) is 17.2 Å². The van der Waals surface area contributed by atoms with Gasteiger partial charge in [0.05, 0.1) is 5.39 Å². The van der Waals surface area contributed by atoms with Crippen molar-refractivity contribution >= 4 is 16.6 Å². The number of fused-ring (bicyclic) bond motifs is 4. The van der Waals surface area contributed by atoms with Gasteiger partial charge in [0.1, 0.15) is 7.05 Å². The highest BCUT2D eigenvalue weighted by Crippen LogP contribution is 2.49. The van der Waals surface area contributed by atoms with E-state index in [1.807, 2.05) is 54.2 Å². The van der Waals surface area contributed by atoms with Gasteiger partial charge in [-0.05, 0) is 17.0 Å². The molecule has 1 aliphatic carbocycles. The Bertz CT molecular complexity index is 997. The van der Waals surface area contributed by atoms with Gasteiger partial charge in [0.15, 0.2) is 17.7 Å². The number of pyridine rings is 1. The van der Waals surface area contributed by atoms with E-state index < -0.39 is 0 Å². The van der Waals surface area contributed by atoms with E-state index in [4.69, 9.17) is 9.47 Å². The van der Waals surface area contributed by atoms with Gasteiger partial charge in [-0.2, -0.15) is 4.57 Å². The third-order valence-corrected chi connectivity index (χ3v) is 4.42. The predicted molar refractivity (Wildman–Crippen MR) is 80.1 cm³/mol. The number of rotatable bonds is 0. The van der Waals surface area contributed by atoms with Crippen molar-refractivity contribution in [1.82, 2.24) is 0 Å². The van der Waals surface area contributed by atoms with Gasteiger partial charge in [-0.15, -0.1) is 0 Å². The molecule has 23 heavy (non-hydrogen) atoms. The molecule has 0 N–H and O–H groups in total. The molecule has 0 saturated carbocycles. The number of carbonyl (C=O) groups excluding carboxylic acids is 1. The van der Waals surface area contributed by atoms with Crippen molar-refractivity contribution in [2.75, 3.05) is 6.79 Å². The highest BCUT2D eigenvalue weighted by atomic mass is 127. The molecule has 2 heterocycles. The fourth-order valence-electron chi connectivity index (χ4n) is 3.45. The average molecular weight is 417 g/mol. The number of aryl methyl sites for hydroxylation is 1. The van der Waals surface area contributed by atoms with Crippen molar-refractivity contribution in [1.29, 1.82) is 0 Å². The zero-order chi connectivity index (χ0) is 14.8. The number of ketones is 1. The lowest BCUT2D eigenvalue weighted by Gasteiger charge is -2.19. The van der Waals surface area contributed by atoms with Gasteiger partial charge < -0.3 is 33.5 Å². The van der Waals surface area contributed by atoms with Gasteiger partial charge in [-0.1, -0.05) is 24.3 Å². The van der Waals surface area contributed by atoms with Crippen LogP contribution in [0.1, 0.15) is 16.1 Å². The summed E-state index contributed by atoms with van der Waals surface area (Å²) in [5, 5.41) is 1.94. The number of hydrogen-bond donors (Lipinski definition) is 0. The van der Waals surface area contributed by atoms with Crippen LogP contribution in [0.25, 0.3) is 21.9 Å². The number of carbonyl (C=O) groups is 1. The molecule has 0 amide bonds. The molecule has 0 spiro atoms. The number of hydrogen-bond acceptors (Lipinski definition) is 3. The van der Waals surface area contributed by atoms with Crippen molar-refractivity contribution in [2.45, 2.75) is 0 Å². The molecule has 0 unspecified atom stereocenters. The van der Waals surface area contributed by atoms with Crippen molar-refractivity contribution in [3.63, 3.8) is 0 Å². The topological polar surface area (TPSA) is 39.4 Å². The summed E-state index contributed by atoms with van der Waals surface area (Å²) in [5.41, 5.74) is 3.29. The maximum absolute atomic E-state index is 12.9. The minimum Gasteiger partial charge on any atom is -1.00 e. The fourth-order valence-corrected chi connectivity index (χ4v) is 3.45. The molecule has 0 atom stereocenters. The monoisotopic (exact) mass is 417 g/mol. The van der Waals surface area contributed by atoms with Crippen LogP contribution < -0.4 is 38.0 Å². The second-order valence-corrected chi connectivity index (χ2v) is 5.60. The summed E-state index contributed by atoms with van der Waals surface area (Å²) in [5.74, 6) is 1.53. The van der Waals surface area contributed by atoms with Gasteiger partial charge >= 0.3 is 0 Å². The largest absolute Gasteiger partial charge is 1.00 e. The van der Waals surface area contributed by atoms with Crippen LogP contribution in [-0.2, 0) is 7.05 Å². The minimum atomic E-state index is 0. The number of benzene rings is 2. The van der Waals surface area contributed by atoms with Crippen LogP contribution in [0.15, 0.2) is 42.6 Å². The molecule has 5 rings (SSSR count). The van der Waals surface area contributed by atoms with E-state index in [0.717, 1.165) is 33.4 Å². The first-order valence-corrected chi connectivity index (χ1v) is 7.15. The number of nitrogens with zero attached hydrogens (tertiary/aromatic N) is 1. The van der Waals surface area contributed by atoms with Crippen LogP contribution in [0.3, 0.4) is 0 Å². The van der Waals surface area contributed by atoms with Crippen LogP contribution in [0.5, 0.6) is 11.5 Å². The van der Waals surface area contributed by atoms with Crippen LogP contribution in [0.4, 0.5) is 0 Å². The highest BCUT2D eigenvalue weighted by Gasteiger charge is 2.36. The third-order valence-electron chi connectivity index (χ3n) is 4.42. The van der Waals surface area contributed by atoms with E-state index in [2.05, 4.69) is 0 Å². The predicted octanol–water partition coefficient (Wildman–Crippen LogP) is -0.392. The van der Waals surface area contributed by atoms with Crippen molar-refractivity contribution in [2.24, 2.45) is 7.05 Å². The standard InChI is InChI=1S/C18H12NO3.HI/c1-19-7-6-10-8-13-18(22-9-21-13)15-11-4-2-3-5-12(11)17(20)16(19)14(10)15;/h2-8H,9H2,1H3;1H/q+1;/p-1. The number of aromatic nitrogens is 1. The molecule has 5 heteroatoms. The SMILES string of the molecule is C[n+]1ccc2cc3c(c4c2c1C(=O)c1ccccc1-4)OCO3.[I-]. The lowest BCUT2D eigenvalue weighted by atomic mass is 9.84. The molecule has 2 aromatic carbocycles. The summed E-state index contributed by atoms with van der Waals surface area (Å²) >= 11 is 0. The fraction of sp³-hybridized carbons (Fsp3) is 0.111. The van der Waals surface area contributed by atoms with Crippen LogP contribution >= 0.6 is 0 Å². The smallest absolute Gasteiger partial charge is 0.262 e. The molecule has 0 bridgehead atoms. The van der Waals surface area contributed by atoms with E-state index in [0.29, 0.717) is 11.3 Å². The summed E-state index contributed by atoms with van der Waals surface area (Å²) in [7, 11) is 1.90. The first-order valence-electron chi connectivity index (χ1n) is 7.15. The zero-order valence-corrected chi connectivity index (χ0v) is 14.5.